The highest BCUT2D eigenvalue weighted by Gasteiger charge is 2.27. The monoisotopic (exact) mass is 382 g/mol. The summed E-state index contributed by atoms with van der Waals surface area (Å²) in [6.07, 6.45) is -0.520. The van der Waals surface area contributed by atoms with Crippen molar-refractivity contribution in [2.75, 3.05) is 53.0 Å². The van der Waals surface area contributed by atoms with Crippen LogP contribution in [0.4, 0.5) is 4.39 Å². The van der Waals surface area contributed by atoms with Crippen molar-refractivity contribution in [2.45, 2.75) is 26.1 Å². The van der Waals surface area contributed by atoms with Gasteiger partial charge in [-0.05, 0) is 30.2 Å². The van der Waals surface area contributed by atoms with Crippen LogP contribution in [0, 0.1) is 11.7 Å². The largest absolute Gasteiger partial charge is 0.392 e. The Bertz CT molecular complexity index is 582. The lowest BCUT2D eigenvalue weighted by Gasteiger charge is -2.37. The van der Waals surface area contributed by atoms with E-state index in [4.69, 9.17) is 9.47 Å². The number of methoxy groups -OCH3 is 1. The van der Waals surface area contributed by atoms with Crippen LogP contribution in [0.25, 0.3) is 0 Å². The van der Waals surface area contributed by atoms with E-state index in [0.717, 1.165) is 6.54 Å². The Hall–Kier alpha value is -1.54. The molecular weight excluding hydrogens is 351 g/mol. The second kappa shape index (κ2) is 10.7. The second-order valence-corrected chi connectivity index (χ2v) is 7.31. The molecule has 0 unspecified atom stereocenters. The van der Waals surface area contributed by atoms with Gasteiger partial charge in [-0.3, -0.25) is 9.69 Å². The molecule has 1 fully saturated rings. The molecule has 0 aromatic heterocycles. The average Bonchev–Trinajstić information content (AvgIpc) is 2.65. The number of aliphatic hydroxyl groups is 1. The van der Waals surface area contributed by atoms with Crippen molar-refractivity contribution in [2.24, 2.45) is 5.92 Å². The summed E-state index contributed by atoms with van der Waals surface area (Å²) in [5, 5.41) is 10.1. The Morgan fingerprint density at radius 1 is 1.41 bits per heavy atom. The Morgan fingerprint density at radius 3 is 2.74 bits per heavy atom. The van der Waals surface area contributed by atoms with Crippen molar-refractivity contribution >= 4 is 5.91 Å². The topological polar surface area (TPSA) is 62.2 Å². The number of benzene rings is 1. The highest BCUT2D eigenvalue weighted by atomic mass is 19.1. The maximum Gasteiger partial charge on any atom is 0.254 e. The summed E-state index contributed by atoms with van der Waals surface area (Å²) in [6.45, 7) is 7.85. The molecule has 152 valence electrons. The minimum Gasteiger partial charge on any atom is -0.392 e. The lowest BCUT2D eigenvalue weighted by Crippen LogP contribution is -2.51. The van der Waals surface area contributed by atoms with E-state index >= 15 is 0 Å². The van der Waals surface area contributed by atoms with Crippen molar-refractivity contribution in [3.8, 4) is 0 Å². The summed E-state index contributed by atoms with van der Waals surface area (Å²) in [4.78, 5) is 16.7. The molecule has 1 N–H and O–H groups in total. The average molecular weight is 382 g/mol. The van der Waals surface area contributed by atoms with Crippen molar-refractivity contribution in [3.05, 3.63) is 35.6 Å². The molecule has 2 rings (SSSR count). The summed E-state index contributed by atoms with van der Waals surface area (Å²) in [5.41, 5.74) is 0.440. The minimum absolute atomic E-state index is 0.139. The molecule has 27 heavy (non-hydrogen) atoms. The van der Waals surface area contributed by atoms with Gasteiger partial charge < -0.3 is 19.5 Å². The van der Waals surface area contributed by atoms with E-state index in [-0.39, 0.29) is 29.9 Å². The Labute approximate surface area is 160 Å². The summed E-state index contributed by atoms with van der Waals surface area (Å²) in [7, 11) is 1.59. The SMILES string of the molecule is COCCN(C[C@H]1CN(C[C@H](O)C(C)C)CCO1)C(=O)c1ccc(F)cc1. The first-order valence-corrected chi connectivity index (χ1v) is 9.46. The van der Waals surface area contributed by atoms with E-state index in [1.807, 2.05) is 13.8 Å². The molecular formula is C20H31FN2O4. The zero-order valence-corrected chi connectivity index (χ0v) is 16.4. The number of aliphatic hydroxyl groups excluding tert-OH is 1. The third-order valence-electron chi connectivity index (χ3n) is 4.81. The summed E-state index contributed by atoms with van der Waals surface area (Å²) < 4.78 is 24.1. The number of halogens is 1. The van der Waals surface area contributed by atoms with Crippen LogP contribution in [-0.2, 0) is 9.47 Å². The summed E-state index contributed by atoms with van der Waals surface area (Å²) >= 11 is 0. The number of β-amino-alcohol motifs (C(OH)–C–C–N with tert-alkyl or cyclic N) is 1. The van der Waals surface area contributed by atoms with E-state index in [1.165, 1.54) is 24.3 Å². The van der Waals surface area contributed by atoms with Gasteiger partial charge in [0, 0.05) is 45.4 Å². The third-order valence-corrected chi connectivity index (χ3v) is 4.81. The number of ether oxygens (including phenoxy) is 2. The van der Waals surface area contributed by atoms with E-state index in [2.05, 4.69) is 4.90 Å². The van der Waals surface area contributed by atoms with Gasteiger partial charge in [0.25, 0.3) is 5.91 Å². The van der Waals surface area contributed by atoms with E-state index in [0.29, 0.717) is 45.0 Å². The van der Waals surface area contributed by atoms with Gasteiger partial charge in [-0.2, -0.15) is 0 Å². The zero-order valence-electron chi connectivity index (χ0n) is 16.4. The van der Waals surface area contributed by atoms with Gasteiger partial charge in [0.15, 0.2) is 0 Å². The molecule has 1 aromatic carbocycles. The molecule has 0 bridgehead atoms. The normalized spacial score (nSPS) is 19.3. The van der Waals surface area contributed by atoms with Gasteiger partial charge >= 0.3 is 0 Å². The highest BCUT2D eigenvalue weighted by molar-refractivity contribution is 5.94. The molecule has 1 amide bonds. The smallest absolute Gasteiger partial charge is 0.254 e. The first-order chi connectivity index (χ1) is 12.9. The number of amides is 1. The Kier molecular flexibility index (Phi) is 8.63. The molecule has 1 heterocycles. The van der Waals surface area contributed by atoms with Crippen LogP contribution in [0.5, 0.6) is 0 Å². The van der Waals surface area contributed by atoms with Gasteiger partial charge in [0.2, 0.25) is 0 Å². The molecule has 7 heteroatoms. The van der Waals surface area contributed by atoms with Crippen LogP contribution in [-0.4, -0.2) is 86.1 Å². The molecule has 1 aliphatic heterocycles. The van der Waals surface area contributed by atoms with E-state index in [9.17, 15) is 14.3 Å². The third kappa shape index (κ3) is 6.84. The maximum absolute atomic E-state index is 13.1. The minimum atomic E-state index is -0.380. The van der Waals surface area contributed by atoms with Gasteiger partial charge in [-0.25, -0.2) is 4.39 Å². The molecule has 2 atom stereocenters. The first-order valence-electron chi connectivity index (χ1n) is 9.46. The lowest BCUT2D eigenvalue weighted by molar-refractivity contribution is -0.0551. The molecule has 1 aliphatic rings. The van der Waals surface area contributed by atoms with Crippen molar-refractivity contribution in [3.63, 3.8) is 0 Å². The predicted molar refractivity (Wildman–Crippen MR) is 101 cm³/mol. The molecule has 1 aromatic rings. The van der Waals surface area contributed by atoms with Crippen molar-refractivity contribution < 1.29 is 23.8 Å². The number of hydrogen-bond donors (Lipinski definition) is 1. The molecule has 0 radical (unpaired) electrons. The van der Waals surface area contributed by atoms with Gasteiger partial charge in [-0.15, -0.1) is 0 Å². The second-order valence-electron chi connectivity index (χ2n) is 7.31. The van der Waals surface area contributed by atoms with Crippen LogP contribution >= 0.6 is 0 Å². The van der Waals surface area contributed by atoms with Gasteiger partial charge in [0.05, 0.1) is 25.4 Å². The van der Waals surface area contributed by atoms with Crippen molar-refractivity contribution in [1.29, 1.82) is 0 Å². The number of carbonyl (C=O) groups excluding carboxylic acids is 1. The Balaban J connectivity index is 1.99. The summed E-state index contributed by atoms with van der Waals surface area (Å²) in [6, 6.07) is 5.55. The van der Waals surface area contributed by atoms with Gasteiger partial charge in [-0.1, -0.05) is 13.8 Å². The number of hydrogen-bond acceptors (Lipinski definition) is 5. The molecule has 6 nitrogen and oxygen atoms in total. The number of nitrogens with zero attached hydrogens (tertiary/aromatic N) is 2. The lowest BCUT2D eigenvalue weighted by atomic mass is 10.1. The van der Waals surface area contributed by atoms with Crippen molar-refractivity contribution in [1.82, 2.24) is 9.80 Å². The molecule has 0 aliphatic carbocycles. The highest BCUT2D eigenvalue weighted by Crippen LogP contribution is 2.13. The van der Waals surface area contributed by atoms with E-state index < -0.39 is 0 Å². The number of morpholine rings is 1. The fourth-order valence-electron chi connectivity index (χ4n) is 3.03. The summed E-state index contributed by atoms with van der Waals surface area (Å²) in [5.74, 6) is -0.343. The zero-order chi connectivity index (χ0) is 19.8. The molecule has 0 spiro atoms. The van der Waals surface area contributed by atoms with E-state index in [1.54, 1.807) is 12.0 Å². The first kappa shape index (κ1) is 21.8. The van der Waals surface area contributed by atoms with Crippen LogP contribution in [0.1, 0.15) is 24.2 Å². The number of carbonyl (C=O) groups is 1. The molecule has 1 saturated heterocycles. The fraction of sp³-hybridized carbons (Fsp3) is 0.650. The fourth-order valence-corrected chi connectivity index (χ4v) is 3.03. The molecule has 0 saturated carbocycles. The van der Waals surface area contributed by atoms with Crippen LogP contribution in [0.15, 0.2) is 24.3 Å². The van der Waals surface area contributed by atoms with Crippen LogP contribution < -0.4 is 0 Å². The van der Waals surface area contributed by atoms with Crippen LogP contribution in [0.3, 0.4) is 0 Å². The van der Waals surface area contributed by atoms with Crippen LogP contribution in [0.2, 0.25) is 0 Å². The number of rotatable bonds is 9. The quantitative estimate of drug-likeness (QED) is 0.703. The Morgan fingerprint density at radius 2 is 2.11 bits per heavy atom. The predicted octanol–water partition coefficient (Wildman–Crippen LogP) is 1.63. The van der Waals surface area contributed by atoms with Gasteiger partial charge in [0.1, 0.15) is 5.82 Å². The maximum atomic E-state index is 13.1. The standard InChI is InChI=1S/C20H31FN2O4/c1-15(2)19(24)14-22-8-11-27-18(12-22)13-23(9-10-26-3)20(25)16-4-6-17(21)7-5-16/h4-7,15,18-19,24H,8-14H2,1-3H3/t18-,19+/m1/s1.